The molecule has 0 saturated carbocycles. The lowest BCUT2D eigenvalue weighted by Gasteiger charge is -2.21. The minimum atomic E-state index is 0.496. The summed E-state index contributed by atoms with van der Waals surface area (Å²) in [7, 11) is 0. The number of pyridine rings is 1. The van der Waals surface area contributed by atoms with Crippen molar-refractivity contribution in [1.29, 1.82) is 0 Å². The highest BCUT2D eigenvalue weighted by atomic mass is 16.5. The summed E-state index contributed by atoms with van der Waals surface area (Å²) >= 11 is 0. The van der Waals surface area contributed by atoms with Crippen molar-refractivity contribution in [2.45, 2.75) is 32.3 Å². The SMILES string of the molecule is c1cncc(COc2ccc(-c3noc(CCC4CCNCC4)n3)cc2)c1. The Morgan fingerprint density at radius 1 is 1.11 bits per heavy atom. The summed E-state index contributed by atoms with van der Waals surface area (Å²) < 4.78 is 11.2. The second-order valence-electron chi connectivity index (χ2n) is 6.92. The molecule has 4 rings (SSSR count). The van der Waals surface area contributed by atoms with Crippen LogP contribution in [0, 0.1) is 5.92 Å². The number of rotatable bonds is 7. The third-order valence-corrected chi connectivity index (χ3v) is 4.93. The number of benzene rings is 1. The van der Waals surface area contributed by atoms with Gasteiger partial charge in [-0.25, -0.2) is 0 Å². The van der Waals surface area contributed by atoms with Crippen LogP contribution in [-0.2, 0) is 13.0 Å². The molecular formula is C21H24N4O2. The quantitative estimate of drug-likeness (QED) is 0.690. The van der Waals surface area contributed by atoms with Crippen LogP contribution in [0.25, 0.3) is 11.4 Å². The first kappa shape index (κ1) is 17.7. The molecule has 6 heteroatoms. The van der Waals surface area contributed by atoms with Gasteiger partial charge in [0, 0.05) is 29.9 Å². The van der Waals surface area contributed by atoms with E-state index >= 15 is 0 Å². The van der Waals surface area contributed by atoms with Gasteiger partial charge in [0.2, 0.25) is 11.7 Å². The van der Waals surface area contributed by atoms with Gasteiger partial charge in [-0.3, -0.25) is 4.98 Å². The van der Waals surface area contributed by atoms with E-state index in [1.54, 1.807) is 12.4 Å². The fraction of sp³-hybridized carbons (Fsp3) is 0.381. The minimum Gasteiger partial charge on any atom is -0.489 e. The van der Waals surface area contributed by atoms with E-state index in [1.165, 1.54) is 12.8 Å². The molecule has 3 aromatic rings. The van der Waals surface area contributed by atoms with E-state index in [9.17, 15) is 0 Å². The molecule has 0 radical (unpaired) electrons. The molecular weight excluding hydrogens is 340 g/mol. The van der Waals surface area contributed by atoms with Crippen molar-refractivity contribution in [3.05, 3.63) is 60.2 Å². The molecule has 1 saturated heterocycles. The van der Waals surface area contributed by atoms with Crippen molar-refractivity contribution >= 4 is 0 Å². The normalized spacial score (nSPS) is 15.0. The Morgan fingerprint density at radius 3 is 2.74 bits per heavy atom. The first-order valence-electron chi connectivity index (χ1n) is 9.52. The molecule has 27 heavy (non-hydrogen) atoms. The molecule has 1 aromatic carbocycles. The molecule has 0 atom stereocenters. The standard InChI is InChI=1S/C21H24N4O2/c1-2-17(14-23-11-1)15-26-19-6-4-18(5-7-19)21-24-20(27-25-21)8-3-16-9-12-22-13-10-16/h1-2,4-7,11,14,16,22H,3,8-10,12-13,15H2. The van der Waals surface area contributed by atoms with E-state index in [0.29, 0.717) is 12.4 Å². The molecule has 0 aliphatic carbocycles. The maximum atomic E-state index is 5.78. The maximum absolute atomic E-state index is 5.78. The summed E-state index contributed by atoms with van der Waals surface area (Å²) in [5.41, 5.74) is 1.97. The van der Waals surface area contributed by atoms with E-state index in [4.69, 9.17) is 9.26 Å². The fourth-order valence-electron chi connectivity index (χ4n) is 3.32. The van der Waals surface area contributed by atoms with Crippen molar-refractivity contribution in [1.82, 2.24) is 20.4 Å². The number of hydrogen-bond donors (Lipinski definition) is 1. The molecule has 0 bridgehead atoms. The molecule has 140 valence electrons. The Kier molecular flexibility index (Phi) is 5.74. The molecule has 0 amide bonds. The Labute approximate surface area is 159 Å². The highest BCUT2D eigenvalue weighted by Crippen LogP contribution is 2.22. The number of nitrogens with one attached hydrogen (secondary N) is 1. The summed E-state index contributed by atoms with van der Waals surface area (Å²) in [6, 6.07) is 11.7. The smallest absolute Gasteiger partial charge is 0.226 e. The van der Waals surface area contributed by atoms with Gasteiger partial charge in [-0.2, -0.15) is 4.98 Å². The van der Waals surface area contributed by atoms with Gasteiger partial charge < -0.3 is 14.6 Å². The Bertz CT molecular complexity index is 827. The van der Waals surface area contributed by atoms with E-state index in [2.05, 4.69) is 20.4 Å². The summed E-state index contributed by atoms with van der Waals surface area (Å²) in [6.45, 7) is 2.74. The molecule has 6 nitrogen and oxygen atoms in total. The lowest BCUT2D eigenvalue weighted by Crippen LogP contribution is -2.27. The number of aromatic nitrogens is 3. The fourth-order valence-corrected chi connectivity index (χ4v) is 3.32. The predicted molar refractivity (Wildman–Crippen MR) is 102 cm³/mol. The van der Waals surface area contributed by atoms with Crippen LogP contribution in [0.3, 0.4) is 0 Å². The Hall–Kier alpha value is -2.73. The van der Waals surface area contributed by atoms with Gasteiger partial charge in [-0.05, 0) is 68.6 Å². The second-order valence-corrected chi connectivity index (χ2v) is 6.92. The van der Waals surface area contributed by atoms with Gasteiger partial charge in [0.1, 0.15) is 12.4 Å². The minimum absolute atomic E-state index is 0.496. The second kappa shape index (κ2) is 8.77. The predicted octanol–water partition coefficient (Wildman–Crippen LogP) is 3.64. The number of piperidine rings is 1. The van der Waals surface area contributed by atoms with Crippen LogP contribution < -0.4 is 10.1 Å². The first-order valence-corrected chi connectivity index (χ1v) is 9.52. The third kappa shape index (κ3) is 4.92. The van der Waals surface area contributed by atoms with Gasteiger partial charge in [-0.15, -0.1) is 0 Å². The number of nitrogens with zero attached hydrogens (tertiary/aromatic N) is 3. The Balaban J connectivity index is 1.31. The van der Waals surface area contributed by atoms with Gasteiger partial charge in [0.25, 0.3) is 0 Å². The summed E-state index contributed by atoms with van der Waals surface area (Å²) in [5, 5.41) is 7.52. The summed E-state index contributed by atoms with van der Waals surface area (Å²) in [5.74, 6) is 2.92. The Morgan fingerprint density at radius 2 is 1.96 bits per heavy atom. The maximum Gasteiger partial charge on any atom is 0.226 e. The lowest BCUT2D eigenvalue weighted by molar-refractivity contribution is 0.306. The highest BCUT2D eigenvalue weighted by molar-refractivity contribution is 5.55. The first-order chi connectivity index (χ1) is 13.4. The van der Waals surface area contributed by atoms with Crippen molar-refractivity contribution in [3.8, 4) is 17.1 Å². The summed E-state index contributed by atoms with van der Waals surface area (Å²) in [4.78, 5) is 8.63. The van der Waals surface area contributed by atoms with Crippen LogP contribution in [0.4, 0.5) is 0 Å². The lowest BCUT2D eigenvalue weighted by atomic mass is 9.93. The molecule has 1 aliphatic rings. The molecule has 1 N–H and O–H groups in total. The molecule has 0 spiro atoms. The molecule has 2 aromatic heterocycles. The number of aryl methyl sites for hydroxylation is 1. The molecule has 1 fully saturated rings. The van der Waals surface area contributed by atoms with Crippen molar-refractivity contribution in [2.75, 3.05) is 13.1 Å². The van der Waals surface area contributed by atoms with Crippen LogP contribution in [0.1, 0.15) is 30.7 Å². The van der Waals surface area contributed by atoms with E-state index in [-0.39, 0.29) is 0 Å². The monoisotopic (exact) mass is 364 g/mol. The van der Waals surface area contributed by atoms with Crippen LogP contribution in [0.2, 0.25) is 0 Å². The number of ether oxygens (including phenoxy) is 1. The molecule has 1 aliphatic heterocycles. The average Bonchev–Trinajstić information content (AvgIpc) is 3.22. The summed E-state index contributed by atoms with van der Waals surface area (Å²) in [6.07, 6.45) is 8.00. The number of hydrogen-bond acceptors (Lipinski definition) is 6. The van der Waals surface area contributed by atoms with Gasteiger partial charge in [0.05, 0.1) is 0 Å². The molecule has 0 unspecified atom stereocenters. The highest BCUT2D eigenvalue weighted by Gasteiger charge is 2.15. The van der Waals surface area contributed by atoms with Crippen LogP contribution in [0.5, 0.6) is 5.75 Å². The average molecular weight is 364 g/mol. The largest absolute Gasteiger partial charge is 0.489 e. The van der Waals surface area contributed by atoms with E-state index in [0.717, 1.165) is 54.6 Å². The zero-order valence-electron chi connectivity index (χ0n) is 15.3. The van der Waals surface area contributed by atoms with E-state index < -0.39 is 0 Å². The molecule has 3 heterocycles. The van der Waals surface area contributed by atoms with Crippen molar-refractivity contribution in [2.24, 2.45) is 5.92 Å². The van der Waals surface area contributed by atoms with Crippen LogP contribution >= 0.6 is 0 Å². The zero-order chi connectivity index (χ0) is 18.3. The van der Waals surface area contributed by atoms with Crippen LogP contribution in [0.15, 0.2) is 53.3 Å². The van der Waals surface area contributed by atoms with Gasteiger partial charge in [0.15, 0.2) is 0 Å². The van der Waals surface area contributed by atoms with Gasteiger partial charge >= 0.3 is 0 Å². The van der Waals surface area contributed by atoms with Crippen molar-refractivity contribution < 1.29 is 9.26 Å². The van der Waals surface area contributed by atoms with Crippen LogP contribution in [-0.4, -0.2) is 28.2 Å². The van der Waals surface area contributed by atoms with Crippen molar-refractivity contribution in [3.63, 3.8) is 0 Å². The third-order valence-electron chi connectivity index (χ3n) is 4.93. The zero-order valence-corrected chi connectivity index (χ0v) is 15.3. The van der Waals surface area contributed by atoms with Gasteiger partial charge in [-0.1, -0.05) is 11.2 Å². The van der Waals surface area contributed by atoms with E-state index in [1.807, 2.05) is 36.4 Å². The topological polar surface area (TPSA) is 73.1 Å².